The Balaban J connectivity index is 2.56. The van der Waals surface area contributed by atoms with Gasteiger partial charge in [0.1, 0.15) is 12.7 Å². The zero-order valence-corrected chi connectivity index (χ0v) is 12.5. The van der Waals surface area contributed by atoms with Crippen molar-refractivity contribution in [1.29, 1.82) is 0 Å². The molecule has 5 nitrogen and oxygen atoms in total. The number of aliphatic hydroxyl groups excluding tert-OH is 1. The van der Waals surface area contributed by atoms with Crippen molar-refractivity contribution >= 4 is 0 Å². The van der Waals surface area contributed by atoms with Crippen LogP contribution in [0.3, 0.4) is 0 Å². The maximum Gasteiger partial charge on any atom is 0.161 e. The van der Waals surface area contributed by atoms with E-state index in [-0.39, 0.29) is 13.2 Å². The van der Waals surface area contributed by atoms with Crippen molar-refractivity contribution in [3.05, 3.63) is 23.8 Å². The summed E-state index contributed by atoms with van der Waals surface area (Å²) in [6.45, 7) is 6.71. The second kappa shape index (κ2) is 9.58. The highest BCUT2D eigenvalue weighted by atomic mass is 16.5. The largest absolute Gasteiger partial charge is 0.493 e. The number of aliphatic hydroxyl groups is 1. The van der Waals surface area contributed by atoms with Gasteiger partial charge in [-0.05, 0) is 31.2 Å². The fraction of sp³-hybridized carbons (Fsp3) is 0.600. The molecule has 0 bridgehead atoms. The molecule has 0 saturated carbocycles. The zero-order valence-electron chi connectivity index (χ0n) is 12.5. The van der Waals surface area contributed by atoms with Crippen LogP contribution in [0, 0.1) is 0 Å². The Morgan fingerprint density at radius 3 is 2.65 bits per heavy atom. The van der Waals surface area contributed by atoms with Gasteiger partial charge in [0, 0.05) is 13.2 Å². The number of ether oxygens (including phenoxy) is 3. The Bertz CT molecular complexity index is 384. The molecule has 0 fully saturated rings. The molecule has 0 amide bonds. The highest BCUT2D eigenvalue weighted by molar-refractivity contribution is 5.42. The summed E-state index contributed by atoms with van der Waals surface area (Å²) in [5.41, 5.74) is 1.13. The zero-order chi connectivity index (χ0) is 14.8. The van der Waals surface area contributed by atoms with Crippen LogP contribution in [0.1, 0.15) is 19.4 Å². The fourth-order valence-corrected chi connectivity index (χ4v) is 1.70. The second-order valence-electron chi connectivity index (χ2n) is 4.39. The van der Waals surface area contributed by atoms with E-state index in [1.54, 1.807) is 7.11 Å². The van der Waals surface area contributed by atoms with E-state index >= 15 is 0 Å². The Morgan fingerprint density at radius 2 is 2.00 bits per heavy atom. The monoisotopic (exact) mass is 283 g/mol. The van der Waals surface area contributed by atoms with Gasteiger partial charge in [0.05, 0.1) is 13.7 Å². The molecule has 0 aliphatic heterocycles. The van der Waals surface area contributed by atoms with Crippen molar-refractivity contribution < 1.29 is 19.3 Å². The van der Waals surface area contributed by atoms with Gasteiger partial charge < -0.3 is 24.6 Å². The summed E-state index contributed by atoms with van der Waals surface area (Å²) in [4.78, 5) is 0. The molecule has 0 aliphatic rings. The third-order valence-electron chi connectivity index (χ3n) is 2.75. The van der Waals surface area contributed by atoms with Crippen LogP contribution < -0.4 is 14.8 Å². The molecule has 1 unspecified atom stereocenters. The van der Waals surface area contributed by atoms with E-state index in [2.05, 4.69) is 12.2 Å². The standard InChI is InChI=1S/C15H25NO4/c1-4-16-9-12-6-7-14(15(8-12)18-3)20-11-13(17)10-19-5-2/h6-8,13,16-17H,4-5,9-11H2,1-3H3. The first-order valence-electron chi connectivity index (χ1n) is 6.97. The van der Waals surface area contributed by atoms with Gasteiger partial charge >= 0.3 is 0 Å². The highest BCUT2D eigenvalue weighted by Crippen LogP contribution is 2.28. The van der Waals surface area contributed by atoms with Crippen molar-refractivity contribution in [2.75, 3.05) is 33.5 Å². The summed E-state index contributed by atoms with van der Waals surface area (Å²) in [5, 5.41) is 12.9. The first kappa shape index (κ1) is 16.8. The van der Waals surface area contributed by atoms with Crippen LogP contribution in [0.5, 0.6) is 11.5 Å². The molecule has 0 aromatic heterocycles. The highest BCUT2D eigenvalue weighted by Gasteiger charge is 2.09. The third kappa shape index (κ3) is 5.77. The Hall–Kier alpha value is -1.30. The number of hydrogen-bond acceptors (Lipinski definition) is 5. The Labute approximate surface area is 120 Å². The predicted molar refractivity (Wildman–Crippen MR) is 78.4 cm³/mol. The van der Waals surface area contributed by atoms with Gasteiger partial charge in [0.15, 0.2) is 11.5 Å². The molecule has 0 heterocycles. The quantitative estimate of drug-likeness (QED) is 0.683. The number of benzene rings is 1. The van der Waals surface area contributed by atoms with E-state index in [0.717, 1.165) is 18.7 Å². The summed E-state index contributed by atoms with van der Waals surface area (Å²) in [5.74, 6) is 1.30. The van der Waals surface area contributed by atoms with Gasteiger partial charge in [0.2, 0.25) is 0 Å². The molecule has 0 saturated heterocycles. The summed E-state index contributed by atoms with van der Waals surface area (Å²) in [7, 11) is 1.61. The second-order valence-corrected chi connectivity index (χ2v) is 4.39. The average molecular weight is 283 g/mol. The molecule has 5 heteroatoms. The SMILES string of the molecule is CCNCc1ccc(OCC(O)COCC)c(OC)c1. The van der Waals surface area contributed by atoms with Crippen LogP contribution in [0.2, 0.25) is 0 Å². The number of methoxy groups -OCH3 is 1. The molecular weight excluding hydrogens is 258 g/mol. The van der Waals surface area contributed by atoms with Crippen LogP contribution in [-0.2, 0) is 11.3 Å². The smallest absolute Gasteiger partial charge is 0.161 e. The lowest BCUT2D eigenvalue weighted by molar-refractivity contribution is 0.0159. The molecule has 1 aromatic rings. The molecule has 1 aromatic carbocycles. The Morgan fingerprint density at radius 1 is 1.20 bits per heavy atom. The maximum absolute atomic E-state index is 9.68. The topological polar surface area (TPSA) is 60.0 Å². The van der Waals surface area contributed by atoms with Crippen molar-refractivity contribution in [3.8, 4) is 11.5 Å². The van der Waals surface area contributed by atoms with Crippen molar-refractivity contribution in [1.82, 2.24) is 5.32 Å². The maximum atomic E-state index is 9.68. The molecule has 20 heavy (non-hydrogen) atoms. The molecule has 2 N–H and O–H groups in total. The fourth-order valence-electron chi connectivity index (χ4n) is 1.70. The van der Waals surface area contributed by atoms with Gasteiger partial charge in [0.25, 0.3) is 0 Å². The van der Waals surface area contributed by atoms with Crippen molar-refractivity contribution in [3.63, 3.8) is 0 Å². The van der Waals surface area contributed by atoms with E-state index in [0.29, 0.717) is 18.1 Å². The molecule has 114 valence electrons. The van der Waals surface area contributed by atoms with E-state index in [4.69, 9.17) is 14.2 Å². The van der Waals surface area contributed by atoms with E-state index in [9.17, 15) is 5.11 Å². The molecule has 0 aliphatic carbocycles. The Kier molecular flexibility index (Phi) is 8.02. The summed E-state index contributed by atoms with van der Waals surface area (Å²) in [6.07, 6.45) is -0.638. The van der Waals surface area contributed by atoms with E-state index in [1.807, 2.05) is 25.1 Å². The van der Waals surface area contributed by atoms with E-state index < -0.39 is 6.10 Å². The molecule has 0 spiro atoms. The predicted octanol–water partition coefficient (Wildman–Crippen LogP) is 1.58. The van der Waals surface area contributed by atoms with Crippen molar-refractivity contribution in [2.45, 2.75) is 26.5 Å². The van der Waals surface area contributed by atoms with Crippen LogP contribution in [-0.4, -0.2) is 44.7 Å². The molecule has 1 atom stereocenters. The lowest BCUT2D eigenvalue weighted by Gasteiger charge is -2.15. The lowest BCUT2D eigenvalue weighted by atomic mass is 10.2. The summed E-state index contributed by atoms with van der Waals surface area (Å²) < 4.78 is 16.0. The van der Waals surface area contributed by atoms with Gasteiger partial charge in [-0.3, -0.25) is 0 Å². The normalized spacial score (nSPS) is 12.2. The number of hydrogen-bond donors (Lipinski definition) is 2. The first-order valence-corrected chi connectivity index (χ1v) is 6.97. The van der Waals surface area contributed by atoms with Crippen LogP contribution in [0.15, 0.2) is 18.2 Å². The third-order valence-corrected chi connectivity index (χ3v) is 2.75. The van der Waals surface area contributed by atoms with Gasteiger partial charge in [-0.15, -0.1) is 0 Å². The van der Waals surface area contributed by atoms with Crippen LogP contribution >= 0.6 is 0 Å². The minimum atomic E-state index is -0.638. The van der Waals surface area contributed by atoms with Crippen LogP contribution in [0.25, 0.3) is 0 Å². The van der Waals surface area contributed by atoms with Crippen molar-refractivity contribution in [2.24, 2.45) is 0 Å². The molecular formula is C15H25NO4. The lowest BCUT2D eigenvalue weighted by Crippen LogP contribution is -2.23. The molecule has 0 radical (unpaired) electrons. The minimum Gasteiger partial charge on any atom is -0.493 e. The summed E-state index contributed by atoms with van der Waals surface area (Å²) in [6, 6.07) is 5.78. The van der Waals surface area contributed by atoms with Gasteiger partial charge in [-0.2, -0.15) is 0 Å². The van der Waals surface area contributed by atoms with Gasteiger partial charge in [-0.1, -0.05) is 13.0 Å². The van der Waals surface area contributed by atoms with E-state index in [1.165, 1.54) is 0 Å². The molecule has 1 rings (SSSR count). The van der Waals surface area contributed by atoms with Gasteiger partial charge in [-0.25, -0.2) is 0 Å². The summed E-state index contributed by atoms with van der Waals surface area (Å²) >= 11 is 0. The van der Waals surface area contributed by atoms with Crippen LogP contribution in [0.4, 0.5) is 0 Å². The minimum absolute atomic E-state index is 0.183. The number of rotatable bonds is 10. The number of nitrogens with one attached hydrogen (secondary N) is 1. The average Bonchev–Trinajstić information content (AvgIpc) is 2.48. The first-order chi connectivity index (χ1) is 9.71.